The smallest absolute Gasteiger partial charge is 0.224 e. The minimum atomic E-state index is 0.150. The van der Waals surface area contributed by atoms with Crippen molar-refractivity contribution in [3.8, 4) is 0 Å². The van der Waals surface area contributed by atoms with E-state index in [1.54, 1.807) is 6.92 Å². The molecule has 0 radical (unpaired) electrons. The maximum absolute atomic E-state index is 12.8. The third-order valence-electron chi connectivity index (χ3n) is 6.88. The van der Waals surface area contributed by atoms with Crippen molar-refractivity contribution >= 4 is 23.0 Å². The number of para-hydroxylation sites is 1. The van der Waals surface area contributed by atoms with Crippen LogP contribution in [0.4, 0.5) is 17.1 Å². The van der Waals surface area contributed by atoms with Crippen LogP contribution in [-0.4, -0.2) is 38.3 Å². The molecule has 0 bridgehead atoms. The second kappa shape index (κ2) is 7.95. The van der Waals surface area contributed by atoms with E-state index in [4.69, 9.17) is 4.74 Å². The zero-order chi connectivity index (χ0) is 20.7. The fraction of sp³-hybridized carbons (Fsp3) is 0.480. The quantitative estimate of drug-likeness (QED) is 0.816. The molecule has 3 aliphatic rings. The molecule has 5 rings (SSSR count). The van der Waals surface area contributed by atoms with Gasteiger partial charge in [-0.2, -0.15) is 0 Å². The predicted molar refractivity (Wildman–Crippen MR) is 121 cm³/mol. The lowest BCUT2D eigenvalue weighted by Crippen LogP contribution is -2.51. The highest BCUT2D eigenvalue weighted by molar-refractivity contribution is 5.94. The molecule has 1 N–H and O–H groups in total. The summed E-state index contributed by atoms with van der Waals surface area (Å²) in [5.74, 6) is 1.09. The van der Waals surface area contributed by atoms with Gasteiger partial charge in [0.05, 0.1) is 19.3 Å². The van der Waals surface area contributed by atoms with Crippen LogP contribution in [0.25, 0.3) is 0 Å². The molecule has 1 saturated heterocycles. The maximum atomic E-state index is 12.8. The topological polar surface area (TPSA) is 44.8 Å². The van der Waals surface area contributed by atoms with Crippen LogP contribution in [0.1, 0.15) is 38.3 Å². The first kappa shape index (κ1) is 19.4. The number of benzene rings is 2. The van der Waals surface area contributed by atoms with Crippen molar-refractivity contribution in [3.05, 3.63) is 54.1 Å². The number of nitrogens with zero attached hydrogens (tertiary/aromatic N) is 2. The molecule has 1 unspecified atom stereocenters. The number of rotatable bonds is 4. The SMILES string of the molecule is CC(=O)N1c2ccc(N3CCOCC3)cc2C(Nc2ccccc2)[C@@H](C)[C@@H]1C1CC1. The third kappa shape index (κ3) is 3.56. The molecule has 5 heteroatoms. The summed E-state index contributed by atoms with van der Waals surface area (Å²) >= 11 is 0. The van der Waals surface area contributed by atoms with Crippen LogP contribution < -0.4 is 15.1 Å². The van der Waals surface area contributed by atoms with Crippen LogP contribution in [0.3, 0.4) is 0 Å². The summed E-state index contributed by atoms with van der Waals surface area (Å²) in [6, 6.07) is 17.5. The van der Waals surface area contributed by atoms with Gasteiger partial charge in [-0.25, -0.2) is 0 Å². The van der Waals surface area contributed by atoms with Crippen molar-refractivity contribution in [2.45, 2.75) is 38.8 Å². The van der Waals surface area contributed by atoms with E-state index < -0.39 is 0 Å². The van der Waals surface area contributed by atoms with E-state index in [0.717, 1.165) is 37.7 Å². The fourth-order valence-corrected chi connectivity index (χ4v) is 5.29. The highest BCUT2D eigenvalue weighted by atomic mass is 16.5. The number of hydrogen-bond donors (Lipinski definition) is 1. The van der Waals surface area contributed by atoms with E-state index >= 15 is 0 Å². The molecule has 2 aliphatic heterocycles. The molecular formula is C25H31N3O2. The average Bonchev–Trinajstić information content (AvgIpc) is 3.61. The van der Waals surface area contributed by atoms with Gasteiger partial charge in [0, 0.05) is 54.6 Å². The lowest BCUT2D eigenvalue weighted by Gasteiger charge is -2.46. The molecular weight excluding hydrogens is 374 g/mol. The largest absolute Gasteiger partial charge is 0.378 e. The number of morpholine rings is 1. The fourth-order valence-electron chi connectivity index (χ4n) is 5.29. The minimum Gasteiger partial charge on any atom is -0.378 e. The van der Waals surface area contributed by atoms with Crippen LogP contribution in [0.2, 0.25) is 0 Å². The van der Waals surface area contributed by atoms with Crippen molar-refractivity contribution in [3.63, 3.8) is 0 Å². The van der Waals surface area contributed by atoms with Crippen molar-refractivity contribution in [1.82, 2.24) is 0 Å². The zero-order valence-electron chi connectivity index (χ0n) is 17.9. The van der Waals surface area contributed by atoms with E-state index in [0.29, 0.717) is 11.8 Å². The number of ether oxygens (including phenoxy) is 1. The number of carbonyl (C=O) groups is 1. The molecule has 1 aliphatic carbocycles. The van der Waals surface area contributed by atoms with Gasteiger partial charge in [-0.05, 0) is 49.1 Å². The van der Waals surface area contributed by atoms with Crippen molar-refractivity contribution < 1.29 is 9.53 Å². The number of fused-ring (bicyclic) bond motifs is 1. The summed E-state index contributed by atoms with van der Waals surface area (Å²) in [5.41, 5.74) is 4.64. The Morgan fingerprint density at radius 3 is 2.47 bits per heavy atom. The van der Waals surface area contributed by atoms with Crippen molar-refractivity contribution in [2.75, 3.05) is 41.4 Å². The first-order chi connectivity index (χ1) is 14.6. The first-order valence-electron chi connectivity index (χ1n) is 11.2. The summed E-state index contributed by atoms with van der Waals surface area (Å²) in [7, 11) is 0. The molecule has 3 atom stereocenters. The Balaban J connectivity index is 1.58. The number of amides is 1. The van der Waals surface area contributed by atoms with Crippen LogP contribution in [0.5, 0.6) is 0 Å². The van der Waals surface area contributed by atoms with Gasteiger partial charge < -0.3 is 19.9 Å². The summed E-state index contributed by atoms with van der Waals surface area (Å²) in [6.45, 7) is 7.38. The Bertz CT molecular complexity index is 906. The maximum Gasteiger partial charge on any atom is 0.224 e. The highest BCUT2D eigenvalue weighted by Crippen LogP contribution is 2.50. The highest BCUT2D eigenvalue weighted by Gasteiger charge is 2.47. The summed E-state index contributed by atoms with van der Waals surface area (Å²) in [5, 5.41) is 3.81. The zero-order valence-corrected chi connectivity index (χ0v) is 17.9. The van der Waals surface area contributed by atoms with E-state index in [1.165, 1.54) is 24.1 Å². The monoisotopic (exact) mass is 405 g/mol. The van der Waals surface area contributed by atoms with Crippen LogP contribution in [0.15, 0.2) is 48.5 Å². The molecule has 30 heavy (non-hydrogen) atoms. The number of anilines is 3. The van der Waals surface area contributed by atoms with Gasteiger partial charge in [0.15, 0.2) is 0 Å². The molecule has 2 aromatic rings. The van der Waals surface area contributed by atoms with Gasteiger partial charge in [-0.3, -0.25) is 4.79 Å². The minimum absolute atomic E-state index is 0.150. The summed E-state index contributed by atoms with van der Waals surface area (Å²) < 4.78 is 5.54. The lowest BCUT2D eigenvalue weighted by molar-refractivity contribution is -0.117. The second-order valence-electron chi connectivity index (χ2n) is 8.91. The number of nitrogens with one attached hydrogen (secondary N) is 1. The number of hydrogen-bond acceptors (Lipinski definition) is 4. The molecule has 0 spiro atoms. The average molecular weight is 406 g/mol. The van der Waals surface area contributed by atoms with E-state index in [9.17, 15) is 4.79 Å². The van der Waals surface area contributed by atoms with Gasteiger partial charge >= 0.3 is 0 Å². The van der Waals surface area contributed by atoms with Gasteiger partial charge in [0.1, 0.15) is 0 Å². The normalized spacial score (nSPS) is 26.3. The molecule has 158 valence electrons. The Hall–Kier alpha value is -2.53. The Morgan fingerprint density at radius 1 is 1.07 bits per heavy atom. The van der Waals surface area contributed by atoms with Crippen molar-refractivity contribution in [2.24, 2.45) is 11.8 Å². The molecule has 5 nitrogen and oxygen atoms in total. The summed E-state index contributed by atoms with van der Waals surface area (Å²) in [6.07, 6.45) is 2.44. The molecule has 2 fully saturated rings. The molecule has 0 aromatic heterocycles. The third-order valence-corrected chi connectivity index (χ3v) is 6.88. The van der Waals surface area contributed by atoms with E-state index in [2.05, 4.69) is 64.5 Å². The Labute approximate surface area is 179 Å². The van der Waals surface area contributed by atoms with E-state index in [-0.39, 0.29) is 18.0 Å². The predicted octanol–water partition coefficient (Wildman–Crippen LogP) is 4.46. The van der Waals surface area contributed by atoms with Crippen LogP contribution >= 0.6 is 0 Å². The molecule has 1 amide bonds. The second-order valence-corrected chi connectivity index (χ2v) is 8.91. The molecule has 2 aromatic carbocycles. The Kier molecular flexibility index (Phi) is 5.15. The van der Waals surface area contributed by atoms with Gasteiger partial charge in [0.25, 0.3) is 0 Å². The van der Waals surface area contributed by atoms with Crippen LogP contribution in [-0.2, 0) is 9.53 Å². The van der Waals surface area contributed by atoms with Crippen molar-refractivity contribution in [1.29, 1.82) is 0 Å². The first-order valence-corrected chi connectivity index (χ1v) is 11.2. The van der Waals surface area contributed by atoms with Gasteiger partial charge in [-0.15, -0.1) is 0 Å². The van der Waals surface area contributed by atoms with E-state index in [1.807, 2.05) is 6.07 Å². The van der Waals surface area contributed by atoms with Gasteiger partial charge in [0.2, 0.25) is 5.91 Å². The lowest BCUT2D eigenvalue weighted by atomic mass is 9.79. The molecule has 1 saturated carbocycles. The van der Waals surface area contributed by atoms with Crippen LogP contribution in [0, 0.1) is 11.8 Å². The Morgan fingerprint density at radius 2 is 1.80 bits per heavy atom. The molecule has 2 heterocycles. The van der Waals surface area contributed by atoms with Gasteiger partial charge in [-0.1, -0.05) is 25.1 Å². The number of carbonyl (C=O) groups excluding carboxylic acids is 1. The summed E-state index contributed by atoms with van der Waals surface area (Å²) in [4.78, 5) is 17.3. The standard InChI is InChI=1S/C25H31N3O2/c1-17-24(26-20-6-4-3-5-7-20)22-16-21(27-12-14-30-15-13-27)10-11-23(22)28(18(2)29)25(17)19-8-9-19/h3-7,10-11,16-17,19,24-26H,8-9,12-15H2,1-2H3/t17-,24?,25-/m1/s1.